The number of H-pyrrole nitrogens is 1. The number of benzene rings is 2. The van der Waals surface area contributed by atoms with Crippen LogP contribution >= 0.6 is 11.8 Å². The Morgan fingerprint density at radius 2 is 1.80 bits per heavy atom. The minimum absolute atomic E-state index is 0.0404. The minimum Gasteiger partial charge on any atom is -0.462 e. The topological polar surface area (TPSA) is 94.1 Å². The Kier molecular flexibility index (Phi) is 6.93. The zero-order chi connectivity index (χ0) is 25.3. The predicted molar refractivity (Wildman–Crippen MR) is 138 cm³/mol. The van der Waals surface area contributed by atoms with Crippen LogP contribution in [-0.4, -0.2) is 38.6 Å². The summed E-state index contributed by atoms with van der Waals surface area (Å²) in [6.45, 7) is 9.47. The fourth-order valence-corrected chi connectivity index (χ4v) is 4.93. The van der Waals surface area contributed by atoms with Crippen molar-refractivity contribution in [2.45, 2.75) is 39.8 Å². The molecule has 1 N–H and O–H groups in total. The van der Waals surface area contributed by atoms with Crippen LogP contribution in [0.25, 0.3) is 16.6 Å². The van der Waals surface area contributed by atoms with Crippen LogP contribution in [0.15, 0.2) is 52.4 Å². The van der Waals surface area contributed by atoms with Gasteiger partial charge < -0.3 is 9.72 Å². The summed E-state index contributed by atoms with van der Waals surface area (Å²) >= 11 is 1.19. The van der Waals surface area contributed by atoms with Crippen LogP contribution in [0, 0.1) is 27.7 Å². The van der Waals surface area contributed by atoms with Crippen LogP contribution in [0.1, 0.15) is 50.2 Å². The number of aromatic nitrogens is 3. The maximum atomic E-state index is 13.5. The molecule has 0 amide bonds. The highest BCUT2D eigenvalue weighted by Crippen LogP contribution is 2.25. The number of aryl methyl sites for hydroxylation is 3. The second kappa shape index (κ2) is 9.92. The lowest BCUT2D eigenvalue weighted by Gasteiger charge is -2.14. The van der Waals surface area contributed by atoms with Crippen LogP contribution < -0.4 is 5.56 Å². The van der Waals surface area contributed by atoms with Gasteiger partial charge in [-0.15, -0.1) is 0 Å². The third-order valence-electron chi connectivity index (χ3n) is 6.02. The molecule has 2 heterocycles. The van der Waals surface area contributed by atoms with Gasteiger partial charge in [-0.25, -0.2) is 9.78 Å². The third kappa shape index (κ3) is 4.66. The van der Waals surface area contributed by atoms with Crippen molar-refractivity contribution >= 4 is 34.4 Å². The number of carbonyl (C=O) groups excluding carboxylic acids is 2. The number of nitrogens with one attached hydrogen (secondary N) is 1. The molecule has 2 aromatic carbocycles. The molecule has 4 rings (SSSR count). The fraction of sp³-hybridized carbons (Fsp3) is 0.259. The Balaban J connectivity index is 1.72. The van der Waals surface area contributed by atoms with Gasteiger partial charge in [0, 0.05) is 5.69 Å². The number of nitrogens with zero attached hydrogens (tertiary/aromatic N) is 2. The van der Waals surface area contributed by atoms with Crippen molar-refractivity contribution in [1.82, 2.24) is 14.5 Å². The van der Waals surface area contributed by atoms with Crippen LogP contribution in [0.4, 0.5) is 0 Å². The highest BCUT2D eigenvalue weighted by atomic mass is 32.2. The van der Waals surface area contributed by atoms with E-state index < -0.39 is 5.97 Å². The molecule has 2 aromatic heterocycles. The molecule has 0 aliphatic rings. The number of rotatable bonds is 7. The lowest BCUT2D eigenvalue weighted by molar-refractivity contribution is 0.0525. The van der Waals surface area contributed by atoms with Gasteiger partial charge in [0.2, 0.25) is 0 Å². The standard InChI is InChI=1S/C27H27N3O4S/c1-6-34-26(33)23-17(4)24(28-18(23)5)22(31)14-35-27-29-21-10-8-7-9-20(21)25(32)30(27)19-12-11-15(2)16(3)13-19/h7-13,28H,6,14H2,1-5H3. The maximum absolute atomic E-state index is 13.5. The molecule has 180 valence electrons. The monoisotopic (exact) mass is 489 g/mol. The first-order valence-electron chi connectivity index (χ1n) is 11.3. The van der Waals surface area contributed by atoms with Crippen molar-refractivity contribution in [2.24, 2.45) is 0 Å². The number of hydrogen-bond acceptors (Lipinski definition) is 6. The van der Waals surface area contributed by atoms with Crippen molar-refractivity contribution in [3.05, 3.63) is 86.5 Å². The average molecular weight is 490 g/mol. The normalized spacial score (nSPS) is 11.1. The Hall–Kier alpha value is -3.65. The summed E-state index contributed by atoms with van der Waals surface area (Å²) in [6.07, 6.45) is 0. The van der Waals surface area contributed by atoms with Gasteiger partial charge in [0.15, 0.2) is 10.9 Å². The van der Waals surface area contributed by atoms with Crippen LogP contribution in [0.3, 0.4) is 0 Å². The first-order chi connectivity index (χ1) is 16.7. The molecule has 7 nitrogen and oxygen atoms in total. The van der Waals surface area contributed by atoms with Gasteiger partial charge in [-0.1, -0.05) is 30.0 Å². The highest BCUT2D eigenvalue weighted by Gasteiger charge is 2.23. The van der Waals surface area contributed by atoms with Crippen molar-refractivity contribution < 1.29 is 14.3 Å². The third-order valence-corrected chi connectivity index (χ3v) is 6.96. The van der Waals surface area contributed by atoms with Gasteiger partial charge >= 0.3 is 5.97 Å². The van der Waals surface area contributed by atoms with Crippen molar-refractivity contribution in [2.75, 3.05) is 12.4 Å². The number of thioether (sulfide) groups is 1. The SMILES string of the molecule is CCOC(=O)c1c(C)[nH]c(C(=O)CSc2nc3ccccc3c(=O)n2-c2ccc(C)c(C)c2)c1C. The van der Waals surface area contributed by atoms with Crippen molar-refractivity contribution in [3.63, 3.8) is 0 Å². The molecule has 0 aliphatic carbocycles. The first kappa shape index (κ1) is 24.5. The number of Topliss-reactive ketones (excluding diaryl/α,β-unsaturated/α-hetero) is 1. The van der Waals surface area contributed by atoms with Crippen molar-refractivity contribution in [1.29, 1.82) is 0 Å². The summed E-state index contributed by atoms with van der Waals surface area (Å²) in [5.41, 5.74) is 5.15. The average Bonchev–Trinajstić information content (AvgIpc) is 3.13. The molecule has 0 unspecified atom stereocenters. The Bertz CT molecular complexity index is 1520. The number of hydrogen-bond donors (Lipinski definition) is 1. The van der Waals surface area contributed by atoms with E-state index in [0.717, 1.165) is 11.1 Å². The minimum atomic E-state index is -0.453. The van der Waals surface area contributed by atoms with Gasteiger partial charge in [-0.2, -0.15) is 0 Å². The molecule has 0 bridgehead atoms. The summed E-state index contributed by atoms with van der Waals surface area (Å²) in [4.78, 5) is 46.7. The second-order valence-corrected chi connectivity index (χ2v) is 9.32. The molecule has 0 saturated carbocycles. The van der Waals surface area contributed by atoms with E-state index in [9.17, 15) is 14.4 Å². The van der Waals surface area contributed by atoms with Crippen LogP contribution in [-0.2, 0) is 4.74 Å². The van der Waals surface area contributed by atoms with E-state index in [0.29, 0.717) is 44.3 Å². The van der Waals surface area contributed by atoms with E-state index in [1.807, 2.05) is 44.2 Å². The molecule has 35 heavy (non-hydrogen) atoms. The lowest BCUT2D eigenvalue weighted by atomic mass is 10.1. The zero-order valence-corrected chi connectivity index (χ0v) is 21.2. The molecule has 0 saturated heterocycles. The van der Waals surface area contributed by atoms with E-state index in [1.165, 1.54) is 11.8 Å². The van der Waals surface area contributed by atoms with Gasteiger partial charge in [0.1, 0.15) is 0 Å². The van der Waals surface area contributed by atoms with Crippen LogP contribution in [0.2, 0.25) is 0 Å². The van der Waals surface area contributed by atoms with E-state index >= 15 is 0 Å². The fourth-order valence-electron chi connectivity index (χ4n) is 4.04. The summed E-state index contributed by atoms with van der Waals surface area (Å²) in [6, 6.07) is 13.0. The number of ketones is 1. The second-order valence-electron chi connectivity index (χ2n) is 8.38. The van der Waals surface area contributed by atoms with E-state index in [1.54, 1.807) is 37.5 Å². The lowest BCUT2D eigenvalue weighted by Crippen LogP contribution is -2.22. The number of ether oxygens (including phenoxy) is 1. The molecule has 0 radical (unpaired) electrons. The van der Waals surface area contributed by atoms with Crippen LogP contribution in [0.5, 0.6) is 0 Å². The molecule has 0 aliphatic heterocycles. The number of para-hydroxylation sites is 1. The largest absolute Gasteiger partial charge is 0.462 e. The molecule has 0 spiro atoms. The molecule has 0 atom stereocenters. The number of esters is 1. The molecular weight excluding hydrogens is 462 g/mol. The molecule has 4 aromatic rings. The molecule has 8 heteroatoms. The van der Waals surface area contributed by atoms with Gasteiger partial charge in [0.25, 0.3) is 5.56 Å². The predicted octanol–water partition coefficient (Wildman–Crippen LogP) is 5.10. The maximum Gasteiger partial charge on any atom is 0.340 e. The smallest absolute Gasteiger partial charge is 0.340 e. The Morgan fingerprint density at radius 1 is 1.06 bits per heavy atom. The van der Waals surface area contributed by atoms with Gasteiger partial charge in [0.05, 0.1) is 40.2 Å². The summed E-state index contributed by atoms with van der Waals surface area (Å²) in [7, 11) is 0. The van der Waals surface area contributed by atoms with Gasteiger partial charge in [-0.3, -0.25) is 14.2 Å². The molecule has 0 fully saturated rings. The van der Waals surface area contributed by atoms with Crippen molar-refractivity contribution in [3.8, 4) is 5.69 Å². The van der Waals surface area contributed by atoms with E-state index in [-0.39, 0.29) is 23.7 Å². The summed E-state index contributed by atoms with van der Waals surface area (Å²) in [5, 5.41) is 0.938. The number of fused-ring (bicyclic) bond motifs is 1. The number of carbonyl (C=O) groups is 2. The Labute approximate surface area is 207 Å². The quantitative estimate of drug-likeness (QED) is 0.168. The molecular formula is C27H27N3O4S. The van der Waals surface area contributed by atoms with Gasteiger partial charge in [-0.05, 0) is 75.6 Å². The van der Waals surface area contributed by atoms with E-state index in [2.05, 4.69) is 4.98 Å². The summed E-state index contributed by atoms with van der Waals surface area (Å²) < 4.78 is 6.68. The van der Waals surface area contributed by atoms with E-state index in [4.69, 9.17) is 9.72 Å². The zero-order valence-electron chi connectivity index (χ0n) is 20.4. The summed E-state index contributed by atoms with van der Waals surface area (Å²) in [5.74, 6) is -0.607. The Morgan fingerprint density at radius 3 is 2.51 bits per heavy atom. The highest BCUT2D eigenvalue weighted by molar-refractivity contribution is 7.99. The first-order valence-corrected chi connectivity index (χ1v) is 12.3. The number of aromatic amines is 1.